The maximum atomic E-state index is 12.5. The van der Waals surface area contributed by atoms with Crippen LogP contribution in [0.15, 0.2) is 45.8 Å². The van der Waals surface area contributed by atoms with Crippen molar-refractivity contribution in [1.82, 2.24) is 0 Å². The third-order valence-electron chi connectivity index (χ3n) is 3.38. The van der Waals surface area contributed by atoms with Crippen LogP contribution in [0.5, 0.6) is 23.0 Å². The summed E-state index contributed by atoms with van der Waals surface area (Å²) >= 11 is 0. The Labute approximate surface area is 127 Å². The van der Waals surface area contributed by atoms with Crippen LogP contribution in [-0.2, 0) is 0 Å². The molecule has 1 aromatic heterocycles. The molecule has 22 heavy (non-hydrogen) atoms. The molecule has 0 bridgehead atoms. The molecule has 3 N–H and O–H groups in total. The van der Waals surface area contributed by atoms with Crippen molar-refractivity contribution in [3.8, 4) is 34.1 Å². The molecule has 0 atom stereocenters. The third-order valence-corrected chi connectivity index (χ3v) is 3.38. The molecule has 0 saturated heterocycles. The van der Waals surface area contributed by atoms with Gasteiger partial charge in [0.15, 0.2) is 11.5 Å². The predicted molar refractivity (Wildman–Crippen MR) is 83.7 cm³/mol. The Morgan fingerprint density at radius 3 is 2.55 bits per heavy atom. The Morgan fingerprint density at radius 2 is 1.82 bits per heavy atom. The van der Waals surface area contributed by atoms with E-state index in [4.69, 9.17) is 9.15 Å². The van der Waals surface area contributed by atoms with E-state index in [-0.39, 0.29) is 41.9 Å². The summed E-state index contributed by atoms with van der Waals surface area (Å²) in [6.45, 7) is 0. The third kappa shape index (κ3) is 2.01. The Balaban J connectivity index is 0.00000144. The Bertz CT molecular complexity index is 936. The first-order valence-corrected chi connectivity index (χ1v) is 6.36. The van der Waals surface area contributed by atoms with E-state index in [2.05, 4.69) is 0 Å². The highest BCUT2D eigenvalue weighted by atomic mass is 16.5. The van der Waals surface area contributed by atoms with E-state index >= 15 is 0 Å². The molecule has 6 heteroatoms. The van der Waals surface area contributed by atoms with Gasteiger partial charge in [0, 0.05) is 14.5 Å². The quantitative estimate of drug-likeness (QED) is 0.629. The largest absolute Gasteiger partial charge is 0.508 e. The van der Waals surface area contributed by atoms with E-state index in [1.54, 1.807) is 0 Å². The van der Waals surface area contributed by atoms with Crippen LogP contribution in [0.3, 0.4) is 0 Å². The first-order chi connectivity index (χ1) is 10.5. The van der Waals surface area contributed by atoms with Gasteiger partial charge in [-0.1, -0.05) is 0 Å². The maximum absolute atomic E-state index is 12.5. The Hall–Kier alpha value is -3.15. The average Bonchev–Trinajstić information content (AvgIpc) is 2.51. The fraction of sp³-hybridized carbons (Fsp3) is 0.0625. The first kappa shape index (κ1) is 13.8. The van der Waals surface area contributed by atoms with Gasteiger partial charge in [0.25, 0.3) is 0 Å². The molecule has 0 saturated carbocycles. The molecule has 0 fully saturated rings. The van der Waals surface area contributed by atoms with Gasteiger partial charge < -0.3 is 24.5 Å². The van der Waals surface area contributed by atoms with Gasteiger partial charge in [-0.05, 0) is 24.3 Å². The molecule has 0 unspecified atom stereocenters. The van der Waals surface area contributed by atoms with Crippen molar-refractivity contribution in [2.24, 2.45) is 0 Å². The average molecular weight is 304 g/mol. The van der Waals surface area contributed by atoms with Gasteiger partial charge in [0.05, 0.1) is 18.1 Å². The lowest BCUT2D eigenvalue weighted by molar-refractivity contribution is 0.351. The second-order valence-corrected chi connectivity index (χ2v) is 4.67. The monoisotopic (exact) mass is 304 g/mol. The molecular weight excluding hydrogens is 288 g/mol. The van der Waals surface area contributed by atoms with E-state index in [1.165, 1.54) is 43.7 Å². The highest BCUT2D eigenvalue weighted by Gasteiger charge is 2.17. The van der Waals surface area contributed by atoms with Crippen LogP contribution in [0.4, 0.5) is 0 Å². The smallest absolute Gasteiger partial charge is 0.201 e. The molecule has 0 radical (unpaired) electrons. The molecule has 0 spiro atoms. The molecule has 0 amide bonds. The van der Waals surface area contributed by atoms with Crippen LogP contribution >= 0.6 is 0 Å². The van der Waals surface area contributed by atoms with Gasteiger partial charge in [-0.25, -0.2) is 0 Å². The van der Waals surface area contributed by atoms with E-state index in [0.717, 1.165) is 0 Å². The topological polar surface area (TPSA) is 100 Å². The number of hydrogen-bond acceptors (Lipinski definition) is 6. The number of fused-ring (bicyclic) bond motifs is 1. The predicted octanol–water partition coefficient (Wildman–Crippen LogP) is 3.08. The minimum atomic E-state index is -0.468. The van der Waals surface area contributed by atoms with Crippen molar-refractivity contribution < 1.29 is 27.3 Å². The van der Waals surface area contributed by atoms with E-state index in [0.29, 0.717) is 0 Å². The number of aromatic hydroxyl groups is 3. The van der Waals surface area contributed by atoms with Crippen LogP contribution in [0, 0.1) is 0 Å². The van der Waals surface area contributed by atoms with Gasteiger partial charge in [-0.3, -0.25) is 4.79 Å². The lowest BCUT2D eigenvalue weighted by Crippen LogP contribution is -2.04. The summed E-state index contributed by atoms with van der Waals surface area (Å²) in [5.41, 5.74) is 0.0581. The summed E-state index contributed by atoms with van der Waals surface area (Å²) in [6, 6.07) is 7.01. The van der Waals surface area contributed by atoms with Crippen LogP contribution < -0.4 is 10.2 Å². The standard InChI is InChI=1S/C16H12O6.2H2/c1-21-12-5-4-9(15(19)16(12)20)11-7-22-13-6-8(17)2-3-10(13)14(11)18;;/h2-7,17,19-20H,1H3;2*1H. The number of methoxy groups -OCH3 is 1. The molecule has 6 nitrogen and oxygen atoms in total. The summed E-state index contributed by atoms with van der Waals surface area (Å²) in [4.78, 5) is 12.5. The fourth-order valence-corrected chi connectivity index (χ4v) is 2.25. The molecular formula is C16H16O6. The fourth-order valence-electron chi connectivity index (χ4n) is 2.25. The minimum Gasteiger partial charge on any atom is -0.508 e. The number of benzene rings is 2. The minimum absolute atomic E-state index is 0. The van der Waals surface area contributed by atoms with Crippen LogP contribution in [0.25, 0.3) is 22.1 Å². The van der Waals surface area contributed by atoms with Crippen molar-refractivity contribution in [3.63, 3.8) is 0 Å². The highest BCUT2D eigenvalue weighted by molar-refractivity contribution is 5.84. The summed E-state index contributed by atoms with van der Waals surface area (Å²) in [6.07, 6.45) is 1.17. The Morgan fingerprint density at radius 1 is 1.05 bits per heavy atom. The summed E-state index contributed by atoms with van der Waals surface area (Å²) in [5, 5.41) is 29.5. The van der Waals surface area contributed by atoms with Gasteiger partial charge >= 0.3 is 0 Å². The second-order valence-electron chi connectivity index (χ2n) is 4.67. The summed E-state index contributed by atoms with van der Waals surface area (Å²) in [5.74, 6) is -0.848. The SMILES string of the molecule is COc1ccc(-c2coc3cc(O)ccc3c2=O)c(O)c1O.[HH].[HH]. The van der Waals surface area contributed by atoms with E-state index in [9.17, 15) is 20.1 Å². The molecule has 3 aromatic rings. The lowest BCUT2D eigenvalue weighted by Gasteiger charge is -2.09. The molecule has 0 aliphatic rings. The summed E-state index contributed by atoms with van der Waals surface area (Å²) in [7, 11) is 1.35. The molecule has 1 heterocycles. The van der Waals surface area contributed by atoms with E-state index < -0.39 is 11.5 Å². The number of hydrogen-bond donors (Lipinski definition) is 3. The van der Waals surface area contributed by atoms with Crippen molar-refractivity contribution in [2.75, 3.05) is 7.11 Å². The lowest BCUT2D eigenvalue weighted by atomic mass is 10.0. The van der Waals surface area contributed by atoms with Gasteiger partial charge in [0.2, 0.25) is 11.2 Å². The second kappa shape index (κ2) is 5.00. The summed E-state index contributed by atoms with van der Waals surface area (Å²) < 4.78 is 10.2. The number of phenols is 3. The van der Waals surface area contributed by atoms with E-state index in [1.807, 2.05) is 0 Å². The Kier molecular flexibility index (Phi) is 3.14. The van der Waals surface area contributed by atoms with Crippen LogP contribution in [0.1, 0.15) is 2.85 Å². The molecule has 0 aliphatic carbocycles. The molecule has 116 valence electrons. The molecule has 2 aromatic carbocycles. The highest BCUT2D eigenvalue weighted by Crippen LogP contribution is 2.42. The van der Waals surface area contributed by atoms with Crippen LogP contribution in [-0.4, -0.2) is 22.4 Å². The number of ether oxygens (including phenoxy) is 1. The number of rotatable bonds is 2. The zero-order valence-corrected chi connectivity index (χ0v) is 11.5. The molecule has 0 aliphatic heterocycles. The normalized spacial score (nSPS) is 10.8. The van der Waals surface area contributed by atoms with Crippen molar-refractivity contribution in [1.29, 1.82) is 0 Å². The molecule has 3 rings (SSSR count). The zero-order valence-electron chi connectivity index (χ0n) is 11.5. The maximum Gasteiger partial charge on any atom is 0.201 e. The van der Waals surface area contributed by atoms with Crippen LogP contribution in [0.2, 0.25) is 0 Å². The zero-order chi connectivity index (χ0) is 15.9. The van der Waals surface area contributed by atoms with Crippen molar-refractivity contribution >= 4 is 11.0 Å². The van der Waals surface area contributed by atoms with Crippen molar-refractivity contribution in [3.05, 3.63) is 46.8 Å². The first-order valence-electron chi connectivity index (χ1n) is 6.36. The van der Waals surface area contributed by atoms with Gasteiger partial charge in [0.1, 0.15) is 17.6 Å². The van der Waals surface area contributed by atoms with Gasteiger partial charge in [-0.2, -0.15) is 0 Å². The van der Waals surface area contributed by atoms with Gasteiger partial charge in [-0.15, -0.1) is 0 Å². The van der Waals surface area contributed by atoms with Crippen molar-refractivity contribution in [2.45, 2.75) is 0 Å². The number of phenolic OH excluding ortho intramolecular Hbond substituents is 3.